The molecule has 0 aliphatic rings. The van der Waals surface area contributed by atoms with Gasteiger partial charge in [-0.15, -0.1) is 0 Å². The van der Waals surface area contributed by atoms with Gasteiger partial charge in [0.2, 0.25) is 0 Å². The van der Waals surface area contributed by atoms with Crippen LogP contribution in [-0.2, 0) is 5.41 Å². The maximum atomic E-state index is 12.5. The molecule has 0 aliphatic heterocycles. The molecule has 0 aromatic heterocycles. The SMILES string of the molecule is COc1cc(C(=O)/C=C/c2ccc(N(C)C)cc2)c(O)cc1C(C)(C)C. The highest BCUT2D eigenvalue weighted by Gasteiger charge is 2.22. The summed E-state index contributed by atoms with van der Waals surface area (Å²) in [5.41, 5.74) is 2.90. The van der Waals surface area contributed by atoms with E-state index in [2.05, 4.69) is 0 Å². The average Bonchev–Trinajstić information content (AvgIpc) is 2.59. The number of allylic oxidation sites excluding steroid dienone is 1. The summed E-state index contributed by atoms with van der Waals surface area (Å²) in [5.74, 6) is 0.300. The monoisotopic (exact) mass is 353 g/mol. The van der Waals surface area contributed by atoms with Gasteiger partial charge in [0.1, 0.15) is 11.5 Å². The summed E-state index contributed by atoms with van der Waals surface area (Å²) in [6.07, 6.45) is 3.21. The molecule has 0 aliphatic carbocycles. The van der Waals surface area contributed by atoms with Crippen LogP contribution < -0.4 is 9.64 Å². The second-order valence-corrected chi connectivity index (χ2v) is 7.50. The fraction of sp³-hybridized carbons (Fsp3) is 0.318. The maximum Gasteiger partial charge on any atom is 0.189 e. The molecule has 0 bridgehead atoms. The van der Waals surface area contributed by atoms with Crippen LogP contribution in [0.2, 0.25) is 0 Å². The molecule has 0 fully saturated rings. The third-order valence-corrected chi connectivity index (χ3v) is 4.23. The van der Waals surface area contributed by atoms with Crippen LogP contribution in [0.15, 0.2) is 42.5 Å². The normalized spacial score (nSPS) is 11.6. The zero-order valence-corrected chi connectivity index (χ0v) is 16.3. The first-order valence-corrected chi connectivity index (χ1v) is 8.54. The highest BCUT2D eigenvalue weighted by molar-refractivity contribution is 6.09. The van der Waals surface area contributed by atoms with E-state index < -0.39 is 0 Å². The summed E-state index contributed by atoms with van der Waals surface area (Å²) in [5, 5.41) is 10.3. The summed E-state index contributed by atoms with van der Waals surface area (Å²) in [6.45, 7) is 6.09. The van der Waals surface area contributed by atoms with Gasteiger partial charge in [0.25, 0.3) is 0 Å². The highest BCUT2D eigenvalue weighted by atomic mass is 16.5. The van der Waals surface area contributed by atoms with Gasteiger partial charge in [-0.2, -0.15) is 0 Å². The van der Waals surface area contributed by atoms with E-state index in [0.717, 1.165) is 16.8 Å². The fourth-order valence-electron chi connectivity index (χ4n) is 2.67. The van der Waals surface area contributed by atoms with E-state index in [1.54, 1.807) is 25.3 Å². The van der Waals surface area contributed by atoms with Crippen LogP contribution in [-0.4, -0.2) is 32.1 Å². The van der Waals surface area contributed by atoms with E-state index in [4.69, 9.17) is 4.74 Å². The van der Waals surface area contributed by atoms with Gasteiger partial charge in [0.15, 0.2) is 5.78 Å². The van der Waals surface area contributed by atoms with Crippen molar-refractivity contribution in [3.05, 3.63) is 59.2 Å². The van der Waals surface area contributed by atoms with Crippen molar-refractivity contribution < 1.29 is 14.6 Å². The van der Waals surface area contributed by atoms with Gasteiger partial charge < -0.3 is 14.7 Å². The molecule has 0 saturated heterocycles. The highest BCUT2D eigenvalue weighted by Crippen LogP contribution is 2.36. The van der Waals surface area contributed by atoms with Crippen LogP contribution >= 0.6 is 0 Å². The molecule has 138 valence electrons. The number of hydrogen-bond acceptors (Lipinski definition) is 4. The van der Waals surface area contributed by atoms with E-state index in [9.17, 15) is 9.90 Å². The summed E-state index contributed by atoms with van der Waals surface area (Å²) in [6, 6.07) is 11.1. The second kappa shape index (κ2) is 7.65. The Labute approximate surface area is 155 Å². The first kappa shape index (κ1) is 19.6. The predicted molar refractivity (Wildman–Crippen MR) is 107 cm³/mol. The molecule has 0 unspecified atom stereocenters. The fourth-order valence-corrected chi connectivity index (χ4v) is 2.67. The Kier molecular flexibility index (Phi) is 5.76. The molecule has 0 atom stereocenters. The van der Waals surface area contributed by atoms with Crippen molar-refractivity contribution in [1.82, 2.24) is 0 Å². The molecule has 4 heteroatoms. The minimum Gasteiger partial charge on any atom is -0.507 e. The molecule has 2 aromatic carbocycles. The molecule has 26 heavy (non-hydrogen) atoms. The number of carbonyl (C=O) groups excluding carboxylic acids is 1. The van der Waals surface area contributed by atoms with E-state index in [1.165, 1.54) is 6.08 Å². The van der Waals surface area contributed by atoms with E-state index >= 15 is 0 Å². The molecular weight excluding hydrogens is 326 g/mol. The molecule has 0 amide bonds. The second-order valence-electron chi connectivity index (χ2n) is 7.50. The van der Waals surface area contributed by atoms with Crippen molar-refractivity contribution in [2.24, 2.45) is 0 Å². The van der Waals surface area contributed by atoms with Crippen LogP contribution in [0.5, 0.6) is 11.5 Å². The number of ether oxygens (including phenoxy) is 1. The number of carbonyl (C=O) groups is 1. The molecular formula is C22H27NO3. The Balaban J connectivity index is 2.29. The summed E-state index contributed by atoms with van der Waals surface area (Å²) in [7, 11) is 5.52. The third kappa shape index (κ3) is 4.45. The number of phenols is 1. The lowest BCUT2D eigenvalue weighted by atomic mass is 9.85. The van der Waals surface area contributed by atoms with Crippen molar-refractivity contribution in [3.8, 4) is 11.5 Å². The van der Waals surface area contributed by atoms with Crippen LogP contribution in [0.4, 0.5) is 5.69 Å². The van der Waals surface area contributed by atoms with E-state index in [1.807, 2.05) is 64.0 Å². The Morgan fingerprint density at radius 3 is 2.23 bits per heavy atom. The number of phenolic OH excluding ortho intramolecular Hbond substituents is 1. The van der Waals surface area contributed by atoms with Crippen molar-refractivity contribution >= 4 is 17.5 Å². The molecule has 0 heterocycles. The van der Waals surface area contributed by atoms with Crippen molar-refractivity contribution in [2.45, 2.75) is 26.2 Å². The summed E-state index contributed by atoms with van der Waals surface area (Å²) < 4.78 is 5.42. The first-order valence-electron chi connectivity index (χ1n) is 8.54. The number of rotatable bonds is 5. The van der Waals surface area contributed by atoms with Crippen LogP contribution in [0, 0.1) is 0 Å². The summed E-state index contributed by atoms with van der Waals surface area (Å²) >= 11 is 0. The largest absolute Gasteiger partial charge is 0.507 e. The maximum absolute atomic E-state index is 12.5. The van der Waals surface area contributed by atoms with Crippen molar-refractivity contribution in [3.63, 3.8) is 0 Å². The zero-order valence-electron chi connectivity index (χ0n) is 16.3. The van der Waals surface area contributed by atoms with Gasteiger partial charge in [-0.25, -0.2) is 0 Å². The van der Waals surface area contributed by atoms with Crippen molar-refractivity contribution in [2.75, 3.05) is 26.1 Å². The quantitative estimate of drug-likeness (QED) is 0.627. The van der Waals surface area contributed by atoms with Gasteiger partial charge in [-0.05, 0) is 41.3 Å². The standard InChI is InChI=1S/C22H27NO3/c1-22(2,3)18-14-20(25)17(13-21(18)26-6)19(24)12-9-15-7-10-16(11-8-15)23(4)5/h7-14,25H,1-6H3/b12-9+. The smallest absolute Gasteiger partial charge is 0.189 e. The zero-order chi connectivity index (χ0) is 19.5. The predicted octanol–water partition coefficient (Wildman–Crippen LogP) is 4.66. The van der Waals surface area contributed by atoms with Gasteiger partial charge >= 0.3 is 0 Å². The average molecular weight is 353 g/mol. The number of ketones is 1. The molecule has 0 radical (unpaired) electrons. The number of benzene rings is 2. The van der Waals surface area contributed by atoms with Crippen LogP contribution in [0.25, 0.3) is 6.08 Å². The molecule has 1 N–H and O–H groups in total. The first-order chi connectivity index (χ1) is 12.1. The lowest BCUT2D eigenvalue weighted by molar-refractivity contribution is 0.104. The van der Waals surface area contributed by atoms with E-state index in [0.29, 0.717) is 5.75 Å². The molecule has 0 saturated carbocycles. The number of methoxy groups -OCH3 is 1. The van der Waals surface area contributed by atoms with Gasteiger partial charge in [-0.1, -0.05) is 39.0 Å². The molecule has 0 spiro atoms. The Morgan fingerprint density at radius 2 is 1.73 bits per heavy atom. The number of aromatic hydroxyl groups is 1. The summed E-state index contributed by atoms with van der Waals surface area (Å²) in [4.78, 5) is 14.5. The molecule has 2 aromatic rings. The van der Waals surface area contributed by atoms with Gasteiger partial charge in [0, 0.05) is 25.3 Å². The Morgan fingerprint density at radius 1 is 1.12 bits per heavy atom. The minimum atomic E-state index is -0.266. The van der Waals surface area contributed by atoms with Crippen LogP contribution in [0.3, 0.4) is 0 Å². The number of hydrogen-bond donors (Lipinski definition) is 1. The topological polar surface area (TPSA) is 49.8 Å². The van der Waals surface area contributed by atoms with Crippen LogP contribution in [0.1, 0.15) is 42.3 Å². The number of anilines is 1. The van der Waals surface area contributed by atoms with E-state index in [-0.39, 0.29) is 22.5 Å². The Hall–Kier alpha value is -2.75. The molecule has 4 nitrogen and oxygen atoms in total. The minimum absolute atomic E-state index is 0.0340. The third-order valence-electron chi connectivity index (χ3n) is 4.23. The molecule has 2 rings (SSSR count). The number of nitrogens with zero attached hydrogens (tertiary/aromatic N) is 1. The Bertz CT molecular complexity index is 813. The lowest BCUT2D eigenvalue weighted by Crippen LogP contribution is -2.13. The van der Waals surface area contributed by atoms with Crippen molar-refractivity contribution in [1.29, 1.82) is 0 Å². The van der Waals surface area contributed by atoms with Gasteiger partial charge in [0.05, 0.1) is 12.7 Å². The van der Waals surface area contributed by atoms with Gasteiger partial charge in [-0.3, -0.25) is 4.79 Å². The lowest BCUT2D eigenvalue weighted by Gasteiger charge is -2.23.